The van der Waals surface area contributed by atoms with E-state index < -0.39 is 29.8 Å². The van der Waals surface area contributed by atoms with E-state index in [1.807, 2.05) is 87.5 Å². The minimum absolute atomic E-state index is 0.173. The van der Waals surface area contributed by atoms with E-state index in [0.717, 1.165) is 33.9 Å². The van der Waals surface area contributed by atoms with E-state index in [1.165, 1.54) is 12.1 Å². The third kappa shape index (κ3) is 11.2. The Hall–Kier alpha value is -5.79. The molecule has 0 amide bonds. The van der Waals surface area contributed by atoms with Crippen LogP contribution in [0.3, 0.4) is 0 Å². The highest BCUT2D eigenvalue weighted by Crippen LogP contribution is 2.38. The molecule has 0 atom stereocenters. The molecule has 0 saturated heterocycles. The van der Waals surface area contributed by atoms with E-state index in [9.17, 15) is 25.3 Å². The van der Waals surface area contributed by atoms with Gasteiger partial charge in [-0.3, -0.25) is 4.55 Å². The van der Waals surface area contributed by atoms with Gasteiger partial charge in [-0.25, -0.2) is 16.8 Å². The molecule has 12 heteroatoms. The number of rotatable bonds is 10. The number of benzene rings is 7. The molecular formula is C45H42O9S3. The summed E-state index contributed by atoms with van der Waals surface area (Å²) >= 11 is 0. The normalized spacial score (nSPS) is 11.4. The van der Waals surface area contributed by atoms with Gasteiger partial charge < -0.3 is 9.47 Å². The number of hydrogen-bond acceptors (Lipinski definition) is 8. The van der Waals surface area contributed by atoms with Gasteiger partial charge in [0.25, 0.3) is 10.1 Å². The van der Waals surface area contributed by atoms with E-state index in [-0.39, 0.29) is 19.6 Å². The molecular weight excluding hydrogens is 781 g/mol. The van der Waals surface area contributed by atoms with Gasteiger partial charge in [0.2, 0.25) is 19.7 Å². The van der Waals surface area contributed by atoms with Crippen molar-refractivity contribution in [3.8, 4) is 23.0 Å². The SMILES string of the molecule is CC.CS(=O)(=O)O.Cc1ccc(S(=O)(=O)c2ccc(Oc3ccc(Oc4ccc(S(=O)(=O)c5ccc(Cc6ccccc6)cc5)cc4)c4ccccc34)cc2)cc1. The van der Waals surface area contributed by atoms with Gasteiger partial charge >= 0.3 is 0 Å². The molecule has 7 aromatic carbocycles. The lowest BCUT2D eigenvalue weighted by Crippen LogP contribution is -2.02. The molecule has 9 nitrogen and oxygen atoms in total. The summed E-state index contributed by atoms with van der Waals surface area (Å²) in [6, 6.07) is 47.7. The van der Waals surface area contributed by atoms with Gasteiger partial charge in [-0.2, -0.15) is 8.42 Å². The van der Waals surface area contributed by atoms with Gasteiger partial charge in [-0.1, -0.05) is 98.3 Å². The average Bonchev–Trinajstić information content (AvgIpc) is 3.20. The summed E-state index contributed by atoms with van der Waals surface area (Å²) in [6.07, 6.45) is 1.44. The van der Waals surface area contributed by atoms with E-state index in [2.05, 4.69) is 0 Å². The van der Waals surface area contributed by atoms with Crippen LogP contribution in [0.1, 0.15) is 30.5 Å². The van der Waals surface area contributed by atoms with Crippen molar-refractivity contribution in [3.05, 3.63) is 180 Å². The Morgan fingerprint density at radius 2 is 0.754 bits per heavy atom. The summed E-state index contributed by atoms with van der Waals surface area (Å²) in [6.45, 7) is 5.91. The van der Waals surface area contributed by atoms with Crippen LogP contribution in [0, 0.1) is 6.92 Å². The average molecular weight is 823 g/mol. The molecule has 0 aromatic heterocycles. The number of ether oxygens (including phenoxy) is 2. The second-order valence-corrected chi connectivity index (χ2v) is 18.0. The molecule has 57 heavy (non-hydrogen) atoms. The summed E-state index contributed by atoms with van der Waals surface area (Å²) < 4.78 is 91.3. The van der Waals surface area contributed by atoms with Crippen molar-refractivity contribution in [3.63, 3.8) is 0 Å². The predicted octanol–water partition coefficient (Wildman–Crippen LogP) is 10.5. The third-order valence-corrected chi connectivity index (χ3v) is 12.0. The summed E-state index contributed by atoms with van der Waals surface area (Å²) in [5, 5.41) is 1.58. The highest BCUT2D eigenvalue weighted by atomic mass is 32.2. The largest absolute Gasteiger partial charge is 0.457 e. The summed E-state index contributed by atoms with van der Waals surface area (Å²) in [4.78, 5) is 0.816. The summed E-state index contributed by atoms with van der Waals surface area (Å²) in [5.41, 5.74) is 3.18. The van der Waals surface area contributed by atoms with Crippen LogP contribution in [0.2, 0.25) is 0 Å². The molecule has 0 unspecified atom stereocenters. The molecule has 0 spiro atoms. The fourth-order valence-corrected chi connectivity index (χ4v) is 8.18. The Labute approximate surface area is 334 Å². The topological polar surface area (TPSA) is 141 Å². The van der Waals surface area contributed by atoms with Crippen molar-refractivity contribution in [1.82, 2.24) is 0 Å². The van der Waals surface area contributed by atoms with Gasteiger partial charge in [-0.05, 0) is 109 Å². The molecule has 0 radical (unpaired) electrons. The number of fused-ring (bicyclic) bond motifs is 1. The maximum absolute atomic E-state index is 13.4. The van der Waals surface area contributed by atoms with Crippen molar-refractivity contribution in [2.75, 3.05) is 6.26 Å². The standard InChI is InChI=1S/C42H32O6S2.C2H6.CH4O3S/c1-30-11-19-35(20-12-30)49(43,44)37-23-15-33(16-24-37)47-41-27-28-42(40-10-6-5-9-39(40)41)48-34-17-25-38(26-18-34)50(45,46)36-21-13-32(14-22-36)29-31-7-3-2-4-8-31;1-2;1-5(2,3)4/h2-28H,29H2,1H3;1-2H3;1H3,(H,2,3,4). The first-order valence-electron chi connectivity index (χ1n) is 17.9. The molecule has 0 fully saturated rings. The molecule has 0 aliphatic carbocycles. The van der Waals surface area contributed by atoms with Crippen LogP contribution in [0.15, 0.2) is 183 Å². The fraction of sp³-hybridized carbons (Fsp3) is 0.111. The van der Waals surface area contributed by atoms with Crippen LogP contribution >= 0.6 is 0 Å². The molecule has 294 valence electrons. The van der Waals surface area contributed by atoms with Crippen LogP contribution < -0.4 is 9.47 Å². The second kappa shape index (κ2) is 18.4. The highest BCUT2D eigenvalue weighted by molar-refractivity contribution is 7.91. The van der Waals surface area contributed by atoms with Crippen LogP contribution in [-0.2, 0) is 36.2 Å². The molecule has 0 heterocycles. The van der Waals surface area contributed by atoms with E-state index in [1.54, 1.807) is 84.9 Å². The predicted molar refractivity (Wildman–Crippen MR) is 224 cm³/mol. The Balaban J connectivity index is 0.000000823. The Morgan fingerprint density at radius 1 is 0.439 bits per heavy atom. The molecule has 7 aromatic rings. The molecule has 1 N–H and O–H groups in total. The van der Waals surface area contributed by atoms with Crippen molar-refractivity contribution in [1.29, 1.82) is 0 Å². The quantitative estimate of drug-likeness (QED) is 0.133. The lowest BCUT2D eigenvalue weighted by Gasteiger charge is -2.14. The van der Waals surface area contributed by atoms with Gasteiger partial charge in [0.05, 0.1) is 25.8 Å². The first-order chi connectivity index (χ1) is 27.2. The maximum Gasteiger partial charge on any atom is 0.261 e. The first-order valence-corrected chi connectivity index (χ1v) is 22.7. The van der Waals surface area contributed by atoms with Crippen LogP contribution in [-0.4, -0.2) is 36.1 Å². The lowest BCUT2D eigenvalue weighted by molar-refractivity contribution is 0.477. The Morgan fingerprint density at radius 3 is 1.14 bits per heavy atom. The van der Waals surface area contributed by atoms with Crippen LogP contribution in [0.4, 0.5) is 0 Å². The minimum Gasteiger partial charge on any atom is -0.457 e. The van der Waals surface area contributed by atoms with Crippen molar-refractivity contribution in [2.24, 2.45) is 0 Å². The maximum atomic E-state index is 13.4. The minimum atomic E-state index is -3.72. The number of sulfone groups is 2. The van der Waals surface area contributed by atoms with E-state index in [4.69, 9.17) is 14.0 Å². The Kier molecular flexibility index (Phi) is 13.7. The van der Waals surface area contributed by atoms with Gasteiger partial charge in [0.1, 0.15) is 23.0 Å². The van der Waals surface area contributed by atoms with Crippen molar-refractivity contribution in [2.45, 2.75) is 46.8 Å². The van der Waals surface area contributed by atoms with Gasteiger partial charge in [0.15, 0.2) is 0 Å². The summed E-state index contributed by atoms with van der Waals surface area (Å²) in [5.74, 6) is 2.09. The monoisotopic (exact) mass is 822 g/mol. The van der Waals surface area contributed by atoms with Gasteiger partial charge in [0, 0.05) is 10.8 Å². The first kappa shape index (κ1) is 42.4. The third-order valence-electron chi connectivity index (χ3n) is 8.38. The molecule has 0 saturated carbocycles. The fourth-order valence-electron chi connectivity index (χ4n) is 5.66. The Bertz CT molecular complexity index is 2740. The molecule has 0 aliphatic rings. The van der Waals surface area contributed by atoms with Crippen molar-refractivity contribution >= 4 is 40.6 Å². The van der Waals surface area contributed by atoms with Crippen LogP contribution in [0.5, 0.6) is 23.0 Å². The smallest absolute Gasteiger partial charge is 0.261 e. The zero-order valence-electron chi connectivity index (χ0n) is 31.7. The van der Waals surface area contributed by atoms with E-state index >= 15 is 0 Å². The lowest BCUT2D eigenvalue weighted by atomic mass is 10.1. The zero-order chi connectivity index (χ0) is 41.2. The van der Waals surface area contributed by atoms with Crippen LogP contribution in [0.25, 0.3) is 10.8 Å². The molecule has 0 aliphatic heterocycles. The summed E-state index contributed by atoms with van der Waals surface area (Å²) in [7, 11) is -11.0. The highest BCUT2D eigenvalue weighted by Gasteiger charge is 2.19. The number of hydrogen-bond donors (Lipinski definition) is 1. The number of aryl methyl sites for hydroxylation is 1. The second-order valence-electron chi connectivity index (χ2n) is 12.6. The molecule has 7 rings (SSSR count). The van der Waals surface area contributed by atoms with Crippen molar-refractivity contribution < 1.29 is 39.3 Å². The zero-order valence-corrected chi connectivity index (χ0v) is 34.2. The van der Waals surface area contributed by atoms with E-state index in [0.29, 0.717) is 29.3 Å². The van der Waals surface area contributed by atoms with Gasteiger partial charge in [-0.15, -0.1) is 0 Å². The molecule has 0 bridgehead atoms.